The molecule has 2 aromatic rings. The molecule has 6 nitrogen and oxygen atoms in total. The molecule has 3 rings (SSSR count). The van der Waals surface area contributed by atoms with E-state index in [-0.39, 0.29) is 17.8 Å². The molecule has 1 aliphatic rings. The van der Waals surface area contributed by atoms with E-state index in [1.807, 2.05) is 19.1 Å². The number of rotatable bonds is 8. The van der Waals surface area contributed by atoms with Crippen molar-refractivity contribution in [2.24, 2.45) is 11.8 Å². The van der Waals surface area contributed by atoms with Crippen molar-refractivity contribution < 1.29 is 19.9 Å². The third-order valence-electron chi connectivity index (χ3n) is 6.22. The van der Waals surface area contributed by atoms with Crippen LogP contribution in [0.15, 0.2) is 72.8 Å². The van der Waals surface area contributed by atoms with E-state index in [4.69, 9.17) is 0 Å². The first kappa shape index (κ1) is 22.8. The van der Waals surface area contributed by atoms with Gasteiger partial charge in [-0.05, 0) is 37.2 Å². The molecule has 0 aromatic heterocycles. The number of Topliss-reactive ketones (excluding diaryl/α,β-unsaturated/α-hetero) is 1. The first-order valence-corrected chi connectivity index (χ1v) is 10.7. The van der Waals surface area contributed by atoms with Crippen LogP contribution in [0.5, 0.6) is 0 Å². The van der Waals surface area contributed by atoms with Gasteiger partial charge in [-0.3, -0.25) is 14.9 Å². The molecule has 6 heteroatoms. The Labute approximate surface area is 182 Å². The van der Waals surface area contributed by atoms with Crippen molar-refractivity contribution in [1.82, 2.24) is 0 Å². The molecule has 0 aliphatic heterocycles. The van der Waals surface area contributed by atoms with E-state index in [1.54, 1.807) is 60.7 Å². The summed E-state index contributed by atoms with van der Waals surface area (Å²) in [5, 5.41) is 34.7. The number of allylic oxidation sites excluding steroid dienone is 2. The van der Waals surface area contributed by atoms with E-state index in [2.05, 4.69) is 0 Å². The van der Waals surface area contributed by atoms with Crippen molar-refractivity contribution in [3.05, 3.63) is 94.1 Å². The van der Waals surface area contributed by atoms with Crippen molar-refractivity contribution in [2.75, 3.05) is 0 Å². The highest BCUT2D eigenvalue weighted by atomic mass is 16.6. The molecule has 1 fully saturated rings. The lowest BCUT2D eigenvalue weighted by Gasteiger charge is -2.47. The zero-order valence-corrected chi connectivity index (χ0v) is 17.6. The van der Waals surface area contributed by atoms with Crippen LogP contribution >= 0.6 is 0 Å². The average Bonchev–Trinajstić information content (AvgIpc) is 2.77. The maximum absolute atomic E-state index is 13.7. The van der Waals surface area contributed by atoms with Gasteiger partial charge in [0.15, 0.2) is 11.4 Å². The van der Waals surface area contributed by atoms with Gasteiger partial charge in [0.05, 0.1) is 5.92 Å². The van der Waals surface area contributed by atoms with Gasteiger partial charge in [0.25, 0.3) is 6.04 Å². The van der Waals surface area contributed by atoms with E-state index >= 15 is 0 Å². The molecule has 0 saturated heterocycles. The molecule has 164 valence electrons. The van der Waals surface area contributed by atoms with Gasteiger partial charge in [-0.1, -0.05) is 79.7 Å². The number of carbonyl (C=O) groups is 1. The van der Waals surface area contributed by atoms with Crippen molar-refractivity contribution in [3.63, 3.8) is 0 Å². The number of nitrogens with zero attached hydrogens (tertiary/aromatic N) is 1. The van der Waals surface area contributed by atoms with Gasteiger partial charge in [-0.25, -0.2) is 0 Å². The van der Waals surface area contributed by atoms with E-state index in [1.165, 1.54) is 0 Å². The van der Waals surface area contributed by atoms with E-state index in [9.17, 15) is 25.1 Å². The zero-order valence-electron chi connectivity index (χ0n) is 17.6. The number of aliphatic hydroxyl groups excluding tert-OH is 1. The zero-order chi connectivity index (χ0) is 22.4. The molecule has 0 unspecified atom stereocenters. The Morgan fingerprint density at radius 1 is 1.13 bits per heavy atom. The summed E-state index contributed by atoms with van der Waals surface area (Å²) in [6, 6.07) is 15.2. The molecule has 1 saturated carbocycles. The van der Waals surface area contributed by atoms with Crippen LogP contribution in [0.3, 0.4) is 0 Å². The van der Waals surface area contributed by atoms with Crippen LogP contribution < -0.4 is 0 Å². The van der Waals surface area contributed by atoms with Gasteiger partial charge in [-0.15, -0.1) is 0 Å². The maximum Gasteiger partial charge on any atom is 0.271 e. The highest BCUT2D eigenvalue weighted by Crippen LogP contribution is 2.49. The van der Waals surface area contributed by atoms with Crippen molar-refractivity contribution in [3.8, 4) is 0 Å². The Hall–Kier alpha value is -2.83. The molecular weight excluding hydrogens is 394 g/mol. The minimum atomic E-state index is -2.13. The molecule has 0 radical (unpaired) electrons. The highest BCUT2D eigenvalue weighted by Gasteiger charge is 2.63. The fourth-order valence-corrected chi connectivity index (χ4v) is 4.84. The second-order valence-electron chi connectivity index (χ2n) is 8.15. The molecule has 0 spiro atoms. The monoisotopic (exact) mass is 423 g/mol. The van der Waals surface area contributed by atoms with Crippen LogP contribution in [0, 0.1) is 22.0 Å². The van der Waals surface area contributed by atoms with Crippen molar-refractivity contribution in [1.29, 1.82) is 0 Å². The number of nitro groups is 1. The topological polar surface area (TPSA) is 101 Å². The quantitative estimate of drug-likeness (QED) is 0.288. The Morgan fingerprint density at radius 3 is 2.32 bits per heavy atom. The third-order valence-corrected chi connectivity index (χ3v) is 6.22. The number of benzene rings is 2. The van der Waals surface area contributed by atoms with Gasteiger partial charge in [0.2, 0.25) is 0 Å². The number of carbonyl (C=O) groups excluding carboxylic acids is 1. The predicted molar refractivity (Wildman–Crippen MR) is 118 cm³/mol. The second-order valence-corrected chi connectivity index (χ2v) is 8.15. The number of ketones is 1. The lowest BCUT2D eigenvalue weighted by Crippen LogP contribution is -2.63. The van der Waals surface area contributed by atoms with E-state index < -0.39 is 34.5 Å². The summed E-state index contributed by atoms with van der Waals surface area (Å²) >= 11 is 0. The van der Waals surface area contributed by atoms with Gasteiger partial charge < -0.3 is 10.2 Å². The smallest absolute Gasteiger partial charge is 0.271 e. The standard InChI is InChI=1S/C25H29NO5/c1-2-3-4-7-14-19-17-21(27)24(26(30)31)25(29,20-15-10-6-11-16-20)22(19)23(28)18-12-8-5-9-13-18/h3-6,8-13,15-16,19,21-22,24,27,29H,2,7,14,17H2,1H3/b4-3-/t19-,21+,22-,24-,25+/m1/s1. The highest BCUT2D eigenvalue weighted by molar-refractivity contribution is 5.99. The molecule has 5 atom stereocenters. The Bertz CT molecular complexity index is 914. The fraction of sp³-hybridized carbons (Fsp3) is 0.400. The molecular formula is C25H29NO5. The summed E-state index contributed by atoms with van der Waals surface area (Å²) in [4.78, 5) is 25.1. The summed E-state index contributed by atoms with van der Waals surface area (Å²) in [6.07, 6.45) is 4.85. The first-order chi connectivity index (χ1) is 14.9. The molecule has 0 amide bonds. The predicted octanol–water partition coefficient (Wildman–Crippen LogP) is 4.15. The van der Waals surface area contributed by atoms with Gasteiger partial charge >= 0.3 is 0 Å². The van der Waals surface area contributed by atoms with Gasteiger partial charge in [0, 0.05) is 10.5 Å². The summed E-state index contributed by atoms with van der Waals surface area (Å²) in [5.41, 5.74) is -1.46. The number of hydrogen-bond donors (Lipinski definition) is 2. The summed E-state index contributed by atoms with van der Waals surface area (Å²) in [7, 11) is 0. The van der Waals surface area contributed by atoms with Crippen molar-refractivity contribution >= 4 is 5.78 Å². The summed E-state index contributed by atoms with van der Waals surface area (Å²) in [6.45, 7) is 2.03. The molecule has 0 heterocycles. The Kier molecular flexibility index (Phi) is 7.36. The number of hydrogen-bond acceptors (Lipinski definition) is 5. The molecule has 2 N–H and O–H groups in total. The normalized spacial score (nSPS) is 28.5. The van der Waals surface area contributed by atoms with Crippen molar-refractivity contribution in [2.45, 2.75) is 50.4 Å². The molecule has 1 aliphatic carbocycles. The van der Waals surface area contributed by atoms with Crippen LogP contribution in [0.25, 0.3) is 0 Å². The lowest BCUT2D eigenvalue weighted by atomic mass is 9.59. The number of aliphatic hydroxyl groups is 2. The SMILES string of the molecule is CC/C=C\CC[C@@H]1C[C@H](O)[C@@H]([N+](=O)[O-])[C@](O)(c2ccccc2)[C@H]1C(=O)c1ccccc1. The van der Waals surface area contributed by atoms with Crippen LogP contribution in [0.2, 0.25) is 0 Å². The minimum Gasteiger partial charge on any atom is -0.386 e. The average molecular weight is 424 g/mol. The van der Waals surface area contributed by atoms with Gasteiger partial charge in [0.1, 0.15) is 6.10 Å². The maximum atomic E-state index is 13.7. The van der Waals surface area contributed by atoms with Crippen LogP contribution in [-0.4, -0.2) is 33.1 Å². The molecule has 31 heavy (non-hydrogen) atoms. The van der Waals surface area contributed by atoms with E-state index in [0.29, 0.717) is 18.4 Å². The van der Waals surface area contributed by atoms with Crippen LogP contribution in [0.1, 0.15) is 48.5 Å². The first-order valence-electron chi connectivity index (χ1n) is 10.7. The van der Waals surface area contributed by atoms with E-state index in [0.717, 1.165) is 6.42 Å². The minimum absolute atomic E-state index is 0.0873. The summed E-state index contributed by atoms with van der Waals surface area (Å²) in [5.74, 6) is -1.80. The van der Waals surface area contributed by atoms with Crippen LogP contribution in [-0.2, 0) is 5.60 Å². The largest absolute Gasteiger partial charge is 0.386 e. The molecule has 0 bridgehead atoms. The summed E-state index contributed by atoms with van der Waals surface area (Å²) < 4.78 is 0. The third kappa shape index (κ3) is 4.60. The Morgan fingerprint density at radius 2 is 1.74 bits per heavy atom. The molecule has 2 aromatic carbocycles. The Balaban J connectivity index is 2.14. The van der Waals surface area contributed by atoms with Gasteiger partial charge in [-0.2, -0.15) is 0 Å². The lowest BCUT2D eigenvalue weighted by molar-refractivity contribution is -0.568. The second kappa shape index (κ2) is 9.98. The van der Waals surface area contributed by atoms with Crippen LogP contribution in [0.4, 0.5) is 0 Å². The fourth-order valence-electron chi connectivity index (χ4n) is 4.84.